The van der Waals surface area contributed by atoms with Gasteiger partial charge in [-0.2, -0.15) is 0 Å². The van der Waals surface area contributed by atoms with E-state index in [9.17, 15) is 9.59 Å². The number of fused-ring (bicyclic) bond motifs is 1. The van der Waals surface area contributed by atoms with Gasteiger partial charge in [0.2, 0.25) is 0 Å². The molecular formula is C19H19N3O4. The zero-order valence-corrected chi connectivity index (χ0v) is 14.8. The first-order chi connectivity index (χ1) is 12.4. The fourth-order valence-electron chi connectivity index (χ4n) is 2.85. The van der Waals surface area contributed by atoms with Gasteiger partial charge in [-0.3, -0.25) is 0 Å². The minimum atomic E-state index is -0.701. The van der Waals surface area contributed by atoms with Crippen molar-refractivity contribution in [3.63, 3.8) is 0 Å². The highest BCUT2D eigenvalue weighted by Gasteiger charge is 2.16. The molecule has 26 heavy (non-hydrogen) atoms. The normalized spacial score (nSPS) is 11.1. The van der Waals surface area contributed by atoms with Crippen molar-refractivity contribution >= 4 is 22.8 Å². The number of carbonyl (C=O) groups is 1. The zero-order chi connectivity index (χ0) is 18.8. The highest BCUT2D eigenvalue weighted by molar-refractivity contribution is 5.92. The number of hydrogen-bond donors (Lipinski definition) is 1. The van der Waals surface area contributed by atoms with E-state index >= 15 is 0 Å². The fraction of sp³-hybridized carbons (Fsp3) is 0.263. The number of aryl methyl sites for hydroxylation is 1. The molecule has 3 aromatic rings. The predicted molar refractivity (Wildman–Crippen MR) is 96.9 cm³/mol. The summed E-state index contributed by atoms with van der Waals surface area (Å²) in [5.74, 6) is -0.401. The van der Waals surface area contributed by atoms with Gasteiger partial charge in [-0.1, -0.05) is 13.8 Å². The van der Waals surface area contributed by atoms with Crippen LogP contribution in [0.5, 0.6) is 0 Å². The lowest BCUT2D eigenvalue weighted by atomic mass is 9.95. The molecule has 0 spiro atoms. The Morgan fingerprint density at radius 2 is 1.96 bits per heavy atom. The van der Waals surface area contributed by atoms with Crippen LogP contribution in [0.1, 0.15) is 46.9 Å². The third-order valence-corrected chi connectivity index (χ3v) is 4.12. The van der Waals surface area contributed by atoms with Crippen molar-refractivity contribution in [2.45, 2.75) is 33.3 Å². The highest BCUT2D eigenvalue weighted by atomic mass is 16.5. The van der Waals surface area contributed by atoms with Gasteiger partial charge in [0.1, 0.15) is 12.2 Å². The lowest BCUT2D eigenvalue weighted by Gasteiger charge is -2.13. The fourth-order valence-corrected chi connectivity index (χ4v) is 2.85. The molecule has 0 radical (unpaired) electrons. The van der Waals surface area contributed by atoms with Gasteiger partial charge in [0.15, 0.2) is 11.5 Å². The van der Waals surface area contributed by atoms with E-state index in [2.05, 4.69) is 23.8 Å². The van der Waals surface area contributed by atoms with Crippen LogP contribution in [0.15, 0.2) is 39.8 Å². The standard InChI is InChI=1S/C19H19N3O4/c1-10(2)13-8-14-12(7-16(23)26-15(14)6-11(13)3)9-25-19(24)17-18(20)22-5-4-21-17/h4-8,10H,9H2,1-3H3,(H2,20,22). The van der Waals surface area contributed by atoms with E-state index in [1.54, 1.807) is 0 Å². The van der Waals surface area contributed by atoms with Gasteiger partial charge < -0.3 is 14.9 Å². The molecule has 7 nitrogen and oxygen atoms in total. The Balaban J connectivity index is 1.97. The van der Waals surface area contributed by atoms with E-state index in [0.717, 1.165) is 16.5 Å². The summed E-state index contributed by atoms with van der Waals surface area (Å²) in [6.45, 7) is 6.05. The number of anilines is 1. The minimum absolute atomic E-state index is 0.00680. The first kappa shape index (κ1) is 17.6. The first-order valence-electron chi connectivity index (χ1n) is 8.17. The summed E-state index contributed by atoms with van der Waals surface area (Å²) in [6, 6.07) is 5.13. The Kier molecular flexibility index (Phi) is 4.71. The van der Waals surface area contributed by atoms with Crippen LogP contribution in [0.25, 0.3) is 11.0 Å². The molecule has 7 heteroatoms. The zero-order valence-electron chi connectivity index (χ0n) is 14.8. The Hall–Kier alpha value is -3.22. The number of esters is 1. The predicted octanol–water partition coefficient (Wildman–Crippen LogP) is 2.95. The van der Waals surface area contributed by atoms with Crippen molar-refractivity contribution in [3.8, 4) is 0 Å². The second-order valence-electron chi connectivity index (χ2n) is 6.32. The third kappa shape index (κ3) is 3.42. The number of hydrogen-bond acceptors (Lipinski definition) is 7. The van der Waals surface area contributed by atoms with Gasteiger partial charge in [0.05, 0.1) is 0 Å². The van der Waals surface area contributed by atoms with Crippen molar-refractivity contribution in [2.24, 2.45) is 0 Å². The molecule has 0 aliphatic heterocycles. The van der Waals surface area contributed by atoms with E-state index in [4.69, 9.17) is 14.9 Å². The monoisotopic (exact) mass is 353 g/mol. The Bertz CT molecular complexity index is 1040. The van der Waals surface area contributed by atoms with Crippen molar-refractivity contribution in [1.82, 2.24) is 9.97 Å². The average molecular weight is 353 g/mol. The summed E-state index contributed by atoms with van der Waals surface area (Å²) in [5, 5.41) is 0.735. The van der Waals surface area contributed by atoms with Gasteiger partial charge in [-0.15, -0.1) is 0 Å². The van der Waals surface area contributed by atoms with Crippen molar-refractivity contribution in [2.75, 3.05) is 5.73 Å². The quantitative estimate of drug-likeness (QED) is 0.567. The van der Waals surface area contributed by atoms with Crippen molar-refractivity contribution in [3.05, 3.63) is 63.4 Å². The van der Waals surface area contributed by atoms with Crippen molar-refractivity contribution < 1.29 is 13.9 Å². The number of benzene rings is 1. The molecule has 0 saturated carbocycles. The molecule has 2 heterocycles. The van der Waals surface area contributed by atoms with Crippen LogP contribution in [0.4, 0.5) is 5.82 Å². The number of carbonyl (C=O) groups excluding carboxylic acids is 1. The molecule has 0 amide bonds. The van der Waals surface area contributed by atoms with Crippen LogP contribution < -0.4 is 11.4 Å². The second kappa shape index (κ2) is 6.95. The lowest BCUT2D eigenvalue weighted by Crippen LogP contribution is -2.12. The largest absolute Gasteiger partial charge is 0.456 e. The average Bonchev–Trinajstić information content (AvgIpc) is 2.58. The van der Waals surface area contributed by atoms with Crippen LogP contribution >= 0.6 is 0 Å². The van der Waals surface area contributed by atoms with Crippen molar-refractivity contribution in [1.29, 1.82) is 0 Å². The molecule has 0 aliphatic carbocycles. The Labute approximate surface area is 149 Å². The smallest absolute Gasteiger partial charge is 0.361 e. The first-order valence-corrected chi connectivity index (χ1v) is 8.17. The maximum absolute atomic E-state index is 12.2. The van der Waals surface area contributed by atoms with Gasteiger partial charge >= 0.3 is 11.6 Å². The number of rotatable bonds is 4. The molecule has 0 bridgehead atoms. The van der Waals surface area contributed by atoms with E-state index in [1.807, 2.05) is 19.1 Å². The Morgan fingerprint density at radius 3 is 2.65 bits per heavy atom. The van der Waals surface area contributed by atoms with Gasteiger partial charge in [0, 0.05) is 29.4 Å². The molecular weight excluding hydrogens is 334 g/mol. The molecule has 3 rings (SSSR count). The molecule has 0 fully saturated rings. The summed E-state index contributed by atoms with van der Waals surface area (Å²) in [6.07, 6.45) is 2.75. The van der Waals surface area contributed by atoms with Crippen LogP contribution in [0, 0.1) is 6.92 Å². The summed E-state index contributed by atoms with van der Waals surface area (Å²) < 4.78 is 10.6. The maximum atomic E-state index is 12.2. The molecule has 2 aromatic heterocycles. The number of aromatic nitrogens is 2. The summed E-state index contributed by atoms with van der Waals surface area (Å²) in [7, 11) is 0. The number of nitrogens with two attached hydrogens (primary N) is 1. The number of ether oxygens (including phenoxy) is 1. The maximum Gasteiger partial charge on any atom is 0.361 e. The number of nitrogen functional groups attached to an aromatic ring is 1. The van der Waals surface area contributed by atoms with Crippen LogP contribution in [0.3, 0.4) is 0 Å². The molecule has 0 saturated heterocycles. The SMILES string of the molecule is Cc1cc2oc(=O)cc(COC(=O)c3nccnc3N)c2cc1C(C)C. The molecule has 134 valence electrons. The van der Waals surface area contributed by atoms with Gasteiger partial charge in [-0.05, 0) is 36.1 Å². The van der Waals surface area contributed by atoms with E-state index in [1.165, 1.54) is 18.5 Å². The highest BCUT2D eigenvalue weighted by Crippen LogP contribution is 2.27. The molecule has 0 atom stereocenters. The summed E-state index contributed by atoms with van der Waals surface area (Å²) in [5.41, 5.74) is 8.28. The van der Waals surface area contributed by atoms with Crippen LogP contribution in [-0.4, -0.2) is 15.9 Å². The van der Waals surface area contributed by atoms with Gasteiger partial charge in [0.25, 0.3) is 0 Å². The number of nitrogens with zero attached hydrogens (tertiary/aromatic N) is 2. The molecule has 1 aromatic carbocycles. The summed E-state index contributed by atoms with van der Waals surface area (Å²) >= 11 is 0. The summed E-state index contributed by atoms with van der Waals surface area (Å²) in [4.78, 5) is 31.7. The molecule has 0 unspecified atom stereocenters. The molecule has 0 aliphatic rings. The molecule has 2 N–H and O–H groups in total. The van der Waals surface area contributed by atoms with E-state index in [0.29, 0.717) is 17.1 Å². The topological polar surface area (TPSA) is 108 Å². The van der Waals surface area contributed by atoms with Crippen LogP contribution in [0.2, 0.25) is 0 Å². The third-order valence-electron chi connectivity index (χ3n) is 4.12. The Morgan fingerprint density at radius 1 is 1.23 bits per heavy atom. The second-order valence-corrected chi connectivity index (χ2v) is 6.32. The van der Waals surface area contributed by atoms with E-state index in [-0.39, 0.29) is 18.1 Å². The van der Waals surface area contributed by atoms with E-state index < -0.39 is 11.6 Å². The van der Waals surface area contributed by atoms with Crippen LogP contribution in [-0.2, 0) is 11.3 Å². The lowest BCUT2D eigenvalue weighted by molar-refractivity contribution is 0.0468. The minimum Gasteiger partial charge on any atom is -0.456 e. The van der Waals surface area contributed by atoms with Gasteiger partial charge in [-0.25, -0.2) is 19.6 Å².